The zero-order valence-electron chi connectivity index (χ0n) is 17.2. The molecule has 0 atom stereocenters. The van der Waals surface area contributed by atoms with Crippen LogP contribution >= 0.6 is 0 Å². The van der Waals surface area contributed by atoms with E-state index in [1.807, 2.05) is 0 Å². The molecule has 32 heavy (non-hydrogen) atoms. The lowest BCUT2D eigenvalue weighted by Gasteiger charge is -2.17. The van der Waals surface area contributed by atoms with Gasteiger partial charge in [-0.25, -0.2) is 18.0 Å². The molecule has 0 radical (unpaired) electrons. The van der Waals surface area contributed by atoms with Gasteiger partial charge in [-0.3, -0.25) is 0 Å². The van der Waals surface area contributed by atoms with Crippen LogP contribution in [0.1, 0.15) is 31.8 Å². The van der Waals surface area contributed by atoms with Gasteiger partial charge in [0.1, 0.15) is 16.5 Å². The van der Waals surface area contributed by atoms with Crippen LogP contribution in [-0.2, 0) is 16.5 Å². The molecular formula is C23H20O8S. The lowest BCUT2D eigenvalue weighted by atomic mass is 9.92. The third kappa shape index (κ3) is 4.89. The first-order valence-corrected chi connectivity index (χ1v) is 10.7. The van der Waals surface area contributed by atoms with Crippen LogP contribution in [0.15, 0.2) is 54.6 Å². The molecular weight excluding hydrogens is 436 g/mol. The molecule has 0 aliphatic heterocycles. The van der Waals surface area contributed by atoms with Gasteiger partial charge in [0, 0.05) is 11.1 Å². The van der Waals surface area contributed by atoms with Gasteiger partial charge in [0.05, 0.1) is 24.0 Å². The van der Waals surface area contributed by atoms with Crippen molar-refractivity contribution in [1.82, 2.24) is 0 Å². The van der Waals surface area contributed by atoms with Gasteiger partial charge in [-0.1, -0.05) is 18.2 Å². The maximum absolute atomic E-state index is 12.0. The summed E-state index contributed by atoms with van der Waals surface area (Å²) in [5.74, 6) is -1.75. The van der Waals surface area contributed by atoms with E-state index in [1.165, 1.54) is 19.2 Å². The summed E-state index contributed by atoms with van der Waals surface area (Å²) in [5, 5.41) is 19.1. The van der Waals surface area contributed by atoms with Gasteiger partial charge in [0.25, 0.3) is 0 Å². The molecule has 0 saturated heterocycles. The second-order valence-electron chi connectivity index (χ2n) is 6.90. The molecule has 0 aliphatic rings. The summed E-state index contributed by atoms with van der Waals surface area (Å²) in [4.78, 5) is 23.5. The van der Waals surface area contributed by atoms with E-state index < -0.39 is 22.6 Å². The molecule has 0 saturated carbocycles. The van der Waals surface area contributed by atoms with Gasteiger partial charge in [-0.05, 0) is 54.4 Å². The molecule has 9 heteroatoms. The number of aryl methyl sites for hydroxylation is 1. The number of ether oxygens (including phenoxy) is 2. The number of aromatic carboxylic acids is 2. The Kier molecular flexibility index (Phi) is 6.79. The Balaban J connectivity index is 2.26. The van der Waals surface area contributed by atoms with Gasteiger partial charge in [0.2, 0.25) is 0 Å². The summed E-state index contributed by atoms with van der Waals surface area (Å²) >= 11 is 0. The number of carboxylic acids is 2. The second kappa shape index (κ2) is 9.52. The number of benzene rings is 3. The Labute approximate surface area is 185 Å². The van der Waals surface area contributed by atoms with E-state index in [0.717, 1.165) is 6.07 Å². The molecule has 166 valence electrons. The maximum Gasteiger partial charge on any atom is 0.336 e. The van der Waals surface area contributed by atoms with E-state index in [2.05, 4.69) is 0 Å². The smallest absolute Gasteiger partial charge is 0.336 e. The van der Waals surface area contributed by atoms with Crippen LogP contribution in [0.2, 0.25) is 0 Å². The second-order valence-corrected chi connectivity index (χ2v) is 7.88. The Morgan fingerprint density at radius 2 is 1.50 bits per heavy atom. The highest BCUT2D eigenvalue weighted by atomic mass is 32.2. The van der Waals surface area contributed by atoms with Gasteiger partial charge in [-0.15, -0.1) is 0 Å². The lowest BCUT2D eigenvalue weighted by molar-refractivity contribution is 0.0695. The van der Waals surface area contributed by atoms with Crippen LogP contribution in [0.5, 0.6) is 17.2 Å². The van der Waals surface area contributed by atoms with E-state index in [0.29, 0.717) is 28.2 Å². The van der Waals surface area contributed by atoms with E-state index >= 15 is 0 Å². The summed E-state index contributed by atoms with van der Waals surface area (Å²) in [6, 6.07) is 14.0. The van der Waals surface area contributed by atoms with Crippen LogP contribution < -0.4 is 9.47 Å². The summed E-state index contributed by atoms with van der Waals surface area (Å²) in [5.41, 5.74) is 0.898. The Morgan fingerprint density at radius 1 is 0.844 bits per heavy atom. The molecule has 0 bridgehead atoms. The molecule has 8 nitrogen and oxygen atoms in total. The molecule has 3 aromatic carbocycles. The number of rotatable bonds is 8. The van der Waals surface area contributed by atoms with Gasteiger partial charge < -0.3 is 19.7 Å². The van der Waals surface area contributed by atoms with Crippen molar-refractivity contribution in [3.63, 3.8) is 0 Å². The molecule has 0 spiro atoms. The van der Waals surface area contributed by atoms with Crippen molar-refractivity contribution in [3.8, 4) is 28.4 Å². The summed E-state index contributed by atoms with van der Waals surface area (Å²) in [6.45, 7) is 1.55. The molecule has 0 heterocycles. The topological polar surface area (TPSA) is 127 Å². The Bertz CT molecular complexity index is 1270. The number of carboxylic acid groups (broad SMARTS) is 2. The third-order valence-electron chi connectivity index (χ3n) is 4.76. The minimum atomic E-state index is -2.72. The first-order valence-electron chi connectivity index (χ1n) is 9.38. The van der Waals surface area contributed by atoms with Crippen molar-refractivity contribution in [2.24, 2.45) is 0 Å². The highest BCUT2D eigenvalue weighted by molar-refractivity contribution is 7.71. The standard InChI is InChI=1S/C23H20O8S/c1-13-9-16(18(23(26)27)11-15(13)22(24)25)17-10-14(12-32(28)29)7-8-19(17)31-21-6-4-3-5-20(21)30-2/h3-11,32H,12H2,1-2H3,(H,24,25)(H,26,27). The zero-order chi connectivity index (χ0) is 23.4. The minimum absolute atomic E-state index is 0.142. The molecule has 0 amide bonds. The zero-order valence-corrected chi connectivity index (χ0v) is 18.1. The van der Waals surface area contributed by atoms with E-state index in [4.69, 9.17) is 9.47 Å². The van der Waals surface area contributed by atoms with Crippen molar-refractivity contribution in [2.45, 2.75) is 12.7 Å². The highest BCUT2D eigenvalue weighted by Crippen LogP contribution is 2.39. The lowest BCUT2D eigenvalue weighted by Crippen LogP contribution is -2.07. The fourth-order valence-electron chi connectivity index (χ4n) is 3.28. The Hall–Kier alpha value is -3.85. The number of hydrogen-bond acceptors (Lipinski definition) is 6. The summed E-state index contributed by atoms with van der Waals surface area (Å²) in [7, 11) is -1.24. The number of hydrogen-bond donors (Lipinski definition) is 3. The summed E-state index contributed by atoms with van der Waals surface area (Å²) in [6.07, 6.45) is 0. The van der Waals surface area contributed by atoms with E-state index in [1.54, 1.807) is 43.3 Å². The molecule has 0 unspecified atom stereocenters. The number of methoxy groups -OCH3 is 1. The van der Waals surface area contributed by atoms with Crippen LogP contribution in [0.25, 0.3) is 11.1 Å². The van der Waals surface area contributed by atoms with Gasteiger partial charge in [-0.2, -0.15) is 0 Å². The van der Waals surface area contributed by atoms with Crippen molar-refractivity contribution >= 4 is 22.6 Å². The molecule has 0 fully saturated rings. The Morgan fingerprint density at radius 3 is 2.09 bits per heavy atom. The predicted octanol–water partition coefficient (Wildman–Crippen LogP) is 3.97. The van der Waals surface area contributed by atoms with E-state index in [-0.39, 0.29) is 28.2 Å². The van der Waals surface area contributed by atoms with Crippen LogP contribution in [0.4, 0.5) is 0 Å². The van der Waals surface area contributed by atoms with Crippen molar-refractivity contribution in [2.75, 3.05) is 7.11 Å². The first kappa shape index (κ1) is 22.8. The average molecular weight is 456 g/mol. The average Bonchev–Trinajstić information content (AvgIpc) is 2.74. The SMILES string of the molecule is COc1ccccc1Oc1ccc(C[SH](=O)=O)cc1-c1cc(C)c(C(=O)O)cc1C(=O)O. The number of carbonyl (C=O) groups is 2. The minimum Gasteiger partial charge on any atom is -0.493 e. The highest BCUT2D eigenvalue weighted by Gasteiger charge is 2.21. The molecule has 3 rings (SSSR count). The van der Waals surface area contributed by atoms with Crippen molar-refractivity contribution in [3.05, 3.63) is 76.9 Å². The van der Waals surface area contributed by atoms with Gasteiger partial charge in [0.15, 0.2) is 11.5 Å². The molecule has 0 aliphatic carbocycles. The first-order chi connectivity index (χ1) is 15.2. The fraction of sp³-hybridized carbons (Fsp3) is 0.130. The van der Waals surface area contributed by atoms with Crippen molar-refractivity contribution in [1.29, 1.82) is 0 Å². The van der Waals surface area contributed by atoms with Crippen LogP contribution in [-0.4, -0.2) is 37.7 Å². The number of thiol groups is 1. The van der Waals surface area contributed by atoms with Gasteiger partial charge >= 0.3 is 11.9 Å². The quantitative estimate of drug-likeness (QED) is 0.435. The molecule has 2 N–H and O–H groups in total. The monoisotopic (exact) mass is 456 g/mol. The third-order valence-corrected chi connectivity index (χ3v) is 5.38. The summed E-state index contributed by atoms with van der Waals surface area (Å²) < 4.78 is 33.8. The van der Waals surface area contributed by atoms with Crippen LogP contribution in [0, 0.1) is 6.92 Å². The normalized spacial score (nSPS) is 10.7. The maximum atomic E-state index is 12.0. The fourth-order valence-corrected chi connectivity index (χ4v) is 3.78. The molecule has 3 aromatic rings. The number of para-hydroxylation sites is 2. The van der Waals surface area contributed by atoms with Crippen molar-refractivity contribution < 1.29 is 37.7 Å². The van der Waals surface area contributed by atoms with Crippen LogP contribution in [0.3, 0.4) is 0 Å². The largest absolute Gasteiger partial charge is 0.493 e. The van der Waals surface area contributed by atoms with E-state index in [9.17, 15) is 28.2 Å². The molecule has 0 aromatic heterocycles. The predicted molar refractivity (Wildman–Crippen MR) is 118 cm³/mol.